The SMILES string of the molecule is O=P(O)(O)CNC1C=CC=C1. The van der Waals surface area contributed by atoms with Crippen LogP contribution in [0.4, 0.5) is 0 Å². The minimum absolute atomic E-state index is 0.0253. The average molecular weight is 175 g/mol. The van der Waals surface area contributed by atoms with Gasteiger partial charge < -0.3 is 9.79 Å². The van der Waals surface area contributed by atoms with E-state index in [9.17, 15) is 4.57 Å². The second kappa shape index (κ2) is 3.32. The molecule has 0 unspecified atom stereocenters. The fourth-order valence-electron chi connectivity index (χ4n) is 0.792. The zero-order valence-corrected chi connectivity index (χ0v) is 6.74. The van der Waals surface area contributed by atoms with Crippen LogP contribution in [0.15, 0.2) is 24.3 Å². The van der Waals surface area contributed by atoms with Crippen LogP contribution in [0.3, 0.4) is 0 Å². The molecule has 0 aromatic heterocycles. The molecule has 0 heterocycles. The van der Waals surface area contributed by atoms with Crippen LogP contribution in [-0.4, -0.2) is 22.1 Å². The van der Waals surface area contributed by atoms with Gasteiger partial charge in [0, 0.05) is 6.04 Å². The van der Waals surface area contributed by atoms with Crippen molar-refractivity contribution in [3.63, 3.8) is 0 Å². The molecule has 0 aromatic carbocycles. The third-order valence-electron chi connectivity index (χ3n) is 1.28. The van der Waals surface area contributed by atoms with E-state index in [0.29, 0.717) is 0 Å². The summed E-state index contributed by atoms with van der Waals surface area (Å²) in [7, 11) is -3.90. The lowest BCUT2D eigenvalue weighted by molar-refractivity contribution is 0.367. The molecular formula is C6H10NO3P. The summed E-state index contributed by atoms with van der Waals surface area (Å²) < 4.78 is 10.4. The molecule has 0 aliphatic heterocycles. The lowest BCUT2D eigenvalue weighted by Gasteiger charge is -2.08. The highest BCUT2D eigenvalue weighted by Crippen LogP contribution is 2.32. The molecule has 1 rings (SSSR count). The first kappa shape index (κ1) is 8.68. The van der Waals surface area contributed by atoms with Crippen LogP contribution in [0, 0.1) is 0 Å². The van der Waals surface area contributed by atoms with Crippen LogP contribution in [0.25, 0.3) is 0 Å². The number of nitrogens with one attached hydrogen (secondary N) is 1. The van der Waals surface area contributed by atoms with E-state index in [0.717, 1.165) is 0 Å². The maximum Gasteiger partial charge on any atom is 0.339 e. The Bertz CT molecular complexity index is 218. The van der Waals surface area contributed by atoms with Gasteiger partial charge in [0.25, 0.3) is 0 Å². The summed E-state index contributed by atoms with van der Waals surface area (Å²) in [5, 5.41) is 2.68. The smallest absolute Gasteiger partial charge is 0.324 e. The molecule has 1 aliphatic rings. The van der Waals surface area contributed by atoms with Crippen molar-refractivity contribution in [1.29, 1.82) is 0 Å². The lowest BCUT2D eigenvalue weighted by Crippen LogP contribution is -2.24. The fraction of sp³-hybridized carbons (Fsp3) is 0.333. The summed E-state index contributed by atoms with van der Waals surface area (Å²) in [6.07, 6.45) is 7.05. The van der Waals surface area contributed by atoms with Gasteiger partial charge in [-0.25, -0.2) is 0 Å². The van der Waals surface area contributed by atoms with E-state index in [2.05, 4.69) is 5.32 Å². The van der Waals surface area contributed by atoms with Gasteiger partial charge in [0.2, 0.25) is 0 Å². The van der Waals surface area contributed by atoms with E-state index in [1.165, 1.54) is 0 Å². The molecule has 0 saturated carbocycles. The average Bonchev–Trinajstić information content (AvgIpc) is 2.32. The maximum absolute atomic E-state index is 10.4. The van der Waals surface area contributed by atoms with Gasteiger partial charge in [-0.2, -0.15) is 0 Å². The fourth-order valence-corrected chi connectivity index (χ4v) is 1.24. The molecule has 0 atom stereocenters. The van der Waals surface area contributed by atoms with E-state index in [4.69, 9.17) is 9.79 Å². The zero-order valence-electron chi connectivity index (χ0n) is 5.84. The standard InChI is InChI=1S/C6H10NO3P/c8-11(9,10)5-7-6-3-1-2-4-6/h1-4,6-7H,5H2,(H2,8,9,10). The molecule has 4 nitrogen and oxygen atoms in total. The Morgan fingerprint density at radius 1 is 1.36 bits per heavy atom. The van der Waals surface area contributed by atoms with E-state index in [1.807, 2.05) is 24.3 Å². The number of rotatable bonds is 3. The Kier molecular flexibility index (Phi) is 2.62. The van der Waals surface area contributed by atoms with Crippen LogP contribution in [0.1, 0.15) is 0 Å². The number of allylic oxidation sites excluding steroid dienone is 2. The lowest BCUT2D eigenvalue weighted by atomic mass is 10.3. The van der Waals surface area contributed by atoms with Gasteiger partial charge in [-0.05, 0) is 0 Å². The molecule has 0 spiro atoms. The zero-order chi connectivity index (χ0) is 8.32. The van der Waals surface area contributed by atoms with Gasteiger partial charge in [0.05, 0.1) is 6.29 Å². The van der Waals surface area contributed by atoms with Gasteiger partial charge in [0.1, 0.15) is 0 Å². The molecular weight excluding hydrogens is 165 g/mol. The Morgan fingerprint density at radius 2 is 1.91 bits per heavy atom. The van der Waals surface area contributed by atoms with Crippen molar-refractivity contribution in [1.82, 2.24) is 5.32 Å². The van der Waals surface area contributed by atoms with E-state index < -0.39 is 7.60 Å². The molecule has 62 valence electrons. The van der Waals surface area contributed by atoms with Gasteiger partial charge in [0.15, 0.2) is 0 Å². The third-order valence-corrected chi connectivity index (χ3v) is 1.88. The molecule has 0 bridgehead atoms. The summed E-state index contributed by atoms with van der Waals surface area (Å²) in [5.74, 6) is 0. The van der Waals surface area contributed by atoms with Crippen LogP contribution in [-0.2, 0) is 4.57 Å². The maximum atomic E-state index is 10.4. The highest BCUT2D eigenvalue weighted by atomic mass is 31.2. The van der Waals surface area contributed by atoms with Crippen molar-refractivity contribution in [3.05, 3.63) is 24.3 Å². The second-order valence-electron chi connectivity index (χ2n) is 2.32. The van der Waals surface area contributed by atoms with E-state index in [1.54, 1.807) is 0 Å². The molecule has 0 saturated heterocycles. The van der Waals surface area contributed by atoms with Gasteiger partial charge in [-0.1, -0.05) is 24.3 Å². The predicted octanol–water partition coefficient (Wildman–Crippen LogP) is 0.206. The van der Waals surface area contributed by atoms with Crippen molar-refractivity contribution >= 4 is 7.60 Å². The first-order chi connectivity index (χ1) is 5.08. The highest BCUT2D eigenvalue weighted by Gasteiger charge is 2.13. The first-order valence-electron chi connectivity index (χ1n) is 3.21. The minimum atomic E-state index is -3.90. The number of hydrogen-bond donors (Lipinski definition) is 3. The summed E-state index contributed by atoms with van der Waals surface area (Å²) >= 11 is 0. The first-order valence-corrected chi connectivity index (χ1v) is 5.01. The summed E-state index contributed by atoms with van der Waals surface area (Å²) in [6.45, 7) is 0. The topological polar surface area (TPSA) is 69.6 Å². The normalized spacial score (nSPS) is 18.0. The van der Waals surface area contributed by atoms with Crippen LogP contribution >= 0.6 is 7.60 Å². The third kappa shape index (κ3) is 3.49. The largest absolute Gasteiger partial charge is 0.339 e. The van der Waals surface area contributed by atoms with Crippen molar-refractivity contribution in [3.8, 4) is 0 Å². The van der Waals surface area contributed by atoms with Gasteiger partial charge in [-0.15, -0.1) is 0 Å². The van der Waals surface area contributed by atoms with Crippen LogP contribution < -0.4 is 5.32 Å². The Hall–Kier alpha value is -0.410. The summed E-state index contributed by atoms with van der Waals surface area (Å²) in [4.78, 5) is 17.0. The molecule has 11 heavy (non-hydrogen) atoms. The summed E-state index contributed by atoms with van der Waals surface area (Å²) in [5.41, 5.74) is 0. The Labute approximate surface area is 64.8 Å². The molecule has 0 fully saturated rings. The second-order valence-corrected chi connectivity index (χ2v) is 3.97. The van der Waals surface area contributed by atoms with Crippen LogP contribution in [0.2, 0.25) is 0 Å². The van der Waals surface area contributed by atoms with E-state index >= 15 is 0 Å². The number of hydrogen-bond acceptors (Lipinski definition) is 2. The molecule has 0 radical (unpaired) electrons. The predicted molar refractivity (Wildman–Crippen MR) is 42.1 cm³/mol. The van der Waals surface area contributed by atoms with Gasteiger partial charge >= 0.3 is 7.60 Å². The molecule has 5 heteroatoms. The molecule has 3 N–H and O–H groups in total. The van der Waals surface area contributed by atoms with Crippen molar-refractivity contribution < 1.29 is 14.4 Å². The Balaban J connectivity index is 2.28. The van der Waals surface area contributed by atoms with E-state index in [-0.39, 0.29) is 12.3 Å². The molecule has 0 amide bonds. The Morgan fingerprint density at radius 3 is 2.36 bits per heavy atom. The van der Waals surface area contributed by atoms with Crippen molar-refractivity contribution in [2.24, 2.45) is 0 Å². The van der Waals surface area contributed by atoms with Crippen molar-refractivity contribution in [2.45, 2.75) is 6.04 Å². The molecule has 1 aliphatic carbocycles. The summed E-state index contributed by atoms with van der Waals surface area (Å²) in [6, 6.07) is -0.0253. The van der Waals surface area contributed by atoms with Gasteiger partial charge in [-0.3, -0.25) is 9.88 Å². The minimum Gasteiger partial charge on any atom is -0.324 e. The highest BCUT2D eigenvalue weighted by molar-refractivity contribution is 7.51. The monoisotopic (exact) mass is 175 g/mol. The molecule has 0 aromatic rings. The van der Waals surface area contributed by atoms with Crippen molar-refractivity contribution in [2.75, 3.05) is 6.29 Å². The quantitative estimate of drug-likeness (QED) is 0.536. The van der Waals surface area contributed by atoms with Crippen LogP contribution in [0.5, 0.6) is 0 Å².